The third-order valence-electron chi connectivity index (χ3n) is 2.46. The van der Waals surface area contributed by atoms with Crippen molar-refractivity contribution in [1.29, 1.82) is 0 Å². The van der Waals surface area contributed by atoms with Gasteiger partial charge in [0.15, 0.2) is 5.01 Å². The van der Waals surface area contributed by atoms with Crippen molar-refractivity contribution in [3.05, 3.63) is 22.0 Å². The molecule has 98 valence electrons. The number of hydrogen-bond acceptors (Lipinski definition) is 5. The van der Waals surface area contributed by atoms with E-state index in [1.165, 1.54) is 9.75 Å². The van der Waals surface area contributed by atoms with Crippen molar-refractivity contribution in [3.8, 4) is 9.88 Å². The first-order valence-corrected chi connectivity index (χ1v) is 7.78. The van der Waals surface area contributed by atoms with Crippen molar-refractivity contribution in [2.75, 3.05) is 0 Å². The molecule has 2 aromatic heterocycles. The second-order valence-electron chi connectivity index (χ2n) is 5.22. The summed E-state index contributed by atoms with van der Waals surface area (Å²) in [5, 5.41) is 14.0. The Kier molecular flexibility index (Phi) is 4.14. The van der Waals surface area contributed by atoms with E-state index in [1.54, 1.807) is 11.3 Å². The van der Waals surface area contributed by atoms with Crippen LogP contribution in [0.5, 0.6) is 0 Å². The lowest BCUT2D eigenvalue weighted by Gasteiger charge is -2.19. The molecule has 0 unspecified atom stereocenters. The molecule has 0 aliphatic rings. The van der Waals surface area contributed by atoms with Gasteiger partial charge in [0.1, 0.15) is 5.01 Å². The van der Waals surface area contributed by atoms with E-state index < -0.39 is 0 Å². The minimum absolute atomic E-state index is 0.115. The molecule has 0 atom stereocenters. The van der Waals surface area contributed by atoms with Gasteiger partial charge in [0.25, 0.3) is 0 Å². The molecule has 0 aliphatic carbocycles. The van der Waals surface area contributed by atoms with Crippen molar-refractivity contribution < 1.29 is 0 Å². The van der Waals surface area contributed by atoms with Crippen molar-refractivity contribution in [2.45, 2.75) is 46.2 Å². The molecule has 0 aromatic carbocycles. The standard InChI is InChI=1S/C13H19N3S2/c1-5-9-6-7-10(17-9)12-16-15-11(18-12)8-14-13(2,3)4/h6-7,14H,5,8H2,1-4H3. The van der Waals surface area contributed by atoms with Crippen LogP contribution in [0.4, 0.5) is 0 Å². The fraction of sp³-hybridized carbons (Fsp3) is 0.538. The molecular formula is C13H19N3S2. The Hall–Kier alpha value is -0.780. The average Bonchev–Trinajstić information content (AvgIpc) is 2.94. The lowest BCUT2D eigenvalue weighted by molar-refractivity contribution is 0.423. The van der Waals surface area contributed by atoms with Crippen LogP contribution in [0.3, 0.4) is 0 Å². The highest BCUT2D eigenvalue weighted by atomic mass is 32.1. The fourth-order valence-electron chi connectivity index (χ4n) is 1.45. The summed E-state index contributed by atoms with van der Waals surface area (Å²) >= 11 is 3.49. The molecule has 1 N–H and O–H groups in total. The minimum atomic E-state index is 0.115. The molecular weight excluding hydrogens is 262 g/mol. The molecule has 2 rings (SSSR count). The number of hydrogen-bond donors (Lipinski definition) is 1. The van der Waals surface area contributed by atoms with Crippen LogP contribution in [0.15, 0.2) is 12.1 Å². The van der Waals surface area contributed by atoms with Gasteiger partial charge in [-0.15, -0.1) is 21.5 Å². The molecule has 18 heavy (non-hydrogen) atoms. The Balaban J connectivity index is 2.06. The van der Waals surface area contributed by atoms with Crippen LogP contribution >= 0.6 is 22.7 Å². The molecule has 3 nitrogen and oxygen atoms in total. The summed E-state index contributed by atoms with van der Waals surface area (Å²) < 4.78 is 0. The average molecular weight is 281 g/mol. The normalized spacial score (nSPS) is 12.0. The summed E-state index contributed by atoms with van der Waals surface area (Å²) in [6.45, 7) is 9.42. The summed E-state index contributed by atoms with van der Waals surface area (Å²) in [6, 6.07) is 4.32. The molecule has 0 radical (unpaired) electrons. The first-order valence-electron chi connectivity index (χ1n) is 6.14. The molecule has 0 saturated heterocycles. The molecule has 0 saturated carbocycles. The van der Waals surface area contributed by atoms with Crippen molar-refractivity contribution in [3.63, 3.8) is 0 Å². The van der Waals surface area contributed by atoms with Gasteiger partial charge in [0.2, 0.25) is 0 Å². The number of aromatic nitrogens is 2. The second kappa shape index (κ2) is 5.47. The predicted octanol–water partition coefficient (Wildman–Crippen LogP) is 3.72. The number of thiophene rings is 1. The first-order chi connectivity index (χ1) is 8.48. The van der Waals surface area contributed by atoms with E-state index in [0.29, 0.717) is 0 Å². The van der Waals surface area contributed by atoms with E-state index >= 15 is 0 Å². The Morgan fingerprint density at radius 2 is 1.94 bits per heavy atom. The monoisotopic (exact) mass is 281 g/mol. The summed E-state index contributed by atoms with van der Waals surface area (Å²) in [5.74, 6) is 0. The largest absolute Gasteiger partial charge is 0.306 e. The Bertz CT molecular complexity index is 508. The topological polar surface area (TPSA) is 37.8 Å². The van der Waals surface area contributed by atoms with Crippen molar-refractivity contribution in [1.82, 2.24) is 15.5 Å². The van der Waals surface area contributed by atoms with Crippen molar-refractivity contribution >= 4 is 22.7 Å². The van der Waals surface area contributed by atoms with Crippen LogP contribution in [-0.4, -0.2) is 15.7 Å². The van der Waals surface area contributed by atoms with Crippen LogP contribution in [0.2, 0.25) is 0 Å². The number of nitrogens with zero attached hydrogens (tertiary/aromatic N) is 2. The van der Waals surface area contributed by atoms with E-state index in [2.05, 4.69) is 55.3 Å². The maximum atomic E-state index is 4.27. The zero-order chi connectivity index (χ0) is 13.2. The van der Waals surface area contributed by atoms with E-state index in [9.17, 15) is 0 Å². The van der Waals surface area contributed by atoms with Crippen LogP contribution < -0.4 is 5.32 Å². The summed E-state index contributed by atoms with van der Waals surface area (Å²) in [7, 11) is 0. The smallest absolute Gasteiger partial charge is 0.157 e. The summed E-state index contributed by atoms with van der Waals surface area (Å²) in [4.78, 5) is 2.63. The van der Waals surface area contributed by atoms with Gasteiger partial charge < -0.3 is 5.32 Å². The number of nitrogens with one attached hydrogen (secondary N) is 1. The second-order valence-corrected chi connectivity index (χ2v) is 7.45. The van der Waals surface area contributed by atoms with E-state index in [0.717, 1.165) is 23.0 Å². The van der Waals surface area contributed by atoms with Gasteiger partial charge in [-0.05, 0) is 39.3 Å². The third-order valence-corrected chi connectivity index (χ3v) is 4.78. The lowest BCUT2D eigenvalue weighted by Crippen LogP contribution is -2.35. The minimum Gasteiger partial charge on any atom is -0.306 e. The highest BCUT2D eigenvalue weighted by Crippen LogP contribution is 2.30. The van der Waals surface area contributed by atoms with Gasteiger partial charge in [0, 0.05) is 10.4 Å². The van der Waals surface area contributed by atoms with E-state index in [1.807, 2.05) is 11.3 Å². The molecule has 0 amide bonds. The number of aryl methyl sites for hydroxylation is 1. The highest BCUT2D eigenvalue weighted by molar-refractivity contribution is 7.21. The first kappa shape index (κ1) is 13.6. The Morgan fingerprint density at radius 1 is 1.17 bits per heavy atom. The van der Waals surface area contributed by atoms with E-state index in [-0.39, 0.29) is 5.54 Å². The molecule has 0 fully saturated rings. The van der Waals surface area contributed by atoms with Crippen LogP contribution in [0, 0.1) is 0 Å². The van der Waals surface area contributed by atoms with Crippen LogP contribution in [0.25, 0.3) is 9.88 Å². The molecule has 0 bridgehead atoms. The summed E-state index contributed by atoms with van der Waals surface area (Å²) in [6.07, 6.45) is 1.09. The SMILES string of the molecule is CCc1ccc(-c2nnc(CNC(C)(C)C)s2)s1. The predicted molar refractivity (Wildman–Crippen MR) is 79.2 cm³/mol. The maximum Gasteiger partial charge on any atom is 0.157 e. The van der Waals surface area contributed by atoms with Crippen molar-refractivity contribution in [2.24, 2.45) is 0 Å². The van der Waals surface area contributed by atoms with E-state index in [4.69, 9.17) is 0 Å². The van der Waals surface area contributed by atoms with Crippen LogP contribution in [-0.2, 0) is 13.0 Å². The Morgan fingerprint density at radius 3 is 2.56 bits per heavy atom. The number of rotatable bonds is 4. The van der Waals surface area contributed by atoms with Crippen LogP contribution in [0.1, 0.15) is 37.6 Å². The fourth-order valence-corrected chi connectivity index (χ4v) is 3.22. The molecule has 0 aliphatic heterocycles. The zero-order valence-corrected chi connectivity index (χ0v) is 12.9. The quantitative estimate of drug-likeness (QED) is 0.928. The van der Waals surface area contributed by atoms with Gasteiger partial charge in [-0.25, -0.2) is 0 Å². The highest BCUT2D eigenvalue weighted by Gasteiger charge is 2.12. The molecule has 2 aromatic rings. The zero-order valence-electron chi connectivity index (χ0n) is 11.3. The van der Waals surface area contributed by atoms with Gasteiger partial charge in [-0.3, -0.25) is 0 Å². The summed E-state index contributed by atoms with van der Waals surface area (Å²) in [5.41, 5.74) is 0.115. The molecule has 2 heterocycles. The molecule has 0 spiro atoms. The Labute approximate surface area is 116 Å². The third kappa shape index (κ3) is 3.60. The van der Waals surface area contributed by atoms with Gasteiger partial charge in [-0.1, -0.05) is 18.3 Å². The van der Waals surface area contributed by atoms with Gasteiger partial charge >= 0.3 is 0 Å². The maximum absolute atomic E-state index is 4.27. The lowest BCUT2D eigenvalue weighted by atomic mass is 10.1. The van der Waals surface area contributed by atoms with Gasteiger partial charge in [-0.2, -0.15) is 0 Å². The van der Waals surface area contributed by atoms with Gasteiger partial charge in [0.05, 0.1) is 11.4 Å². The molecule has 5 heteroatoms.